The van der Waals surface area contributed by atoms with Crippen LogP contribution in [0.1, 0.15) is 27.0 Å². The van der Waals surface area contributed by atoms with Gasteiger partial charge in [0.1, 0.15) is 0 Å². The van der Waals surface area contributed by atoms with Gasteiger partial charge in [0.05, 0.1) is 6.42 Å². The first-order valence-corrected chi connectivity index (χ1v) is 6.76. The molecule has 0 bridgehead atoms. The van der Waals surface area contributed by atoms with Gasteiger partial charge in [0.25, 0.3) is 5.91 Å². The molecule has 2 aromatic carbocycles. The van der Waals surface area contributed by atoms with E-state index in [1.165, 1.54) is 0 Å². The third-order valence-corrected chi connectivity index (χ3v) is 3.15. The summed E-state index contributed by atoms with van der Waals surface area (Å²) in [6.07, 6.45) is 0.230. The van der Waals surface area contributed by atoms with Crippen molar-refractivity contribution >= 4 is 11.8 Å². The van der Waals surface area contributed by atoms with Gasteiger partial charge in [-0.05, 0) is 31.0 Å². The van der Waals surface area contributed by atoms with Gasteiger partial charge < -0.3 is 0 Å². The van der Waals surface area contributed by atoms with Gasteiger partial charge in [0.15, 0.2) is 0 Å². The van der Waals surface area contributed by atoms with Crippen LogP contribution in [0.3, 0.4) is 0 Å². The smallest absolute Gasteiger partial charge is 0.269 e. The van der Waals surface area contributed by atoms with E-state index in [-0.39, 0.29) is 18.2 Å². The SMILES string of the molecule is Cc1ccc(C(=O)NNC(=O)Cc2ccccc2)c(C)c1. The monoisotopic (exact) mass is 282 g/mol. The summed E-state index contributed by atoms with van der Waals surface area (Å²) in [5.74, 6) is -0.562. The number of nitrogens with one attached hydrogen (secondary N) is 2. The highest BCUT2D eigenvalue weighted by atomic mass is 16.2. The van der Waals surface area contributed by atoms with Crippen LogP contribution in [0.4, 0.5) is 0 Å². The van der Waals surface area contributed by atoms with E-state index in [9.17, 15) is 9.59 Å². The topological polar surface area (TPSA) is 58.2 Å². The fourth-order valence-corrected chi connectivity index (χ4v) is 2.09. The Balaban J connectivity index is 1.90. The first kappa shape index (κ1) is 14.8. The molecule has 2 N–H and O–H groups in total. The third-order valence-electron chi connectivity index (χ3n) is 3.15. The van der Waals surface area contributed by atoms with E-state index in [4.69, 9.17) is 0 Å². The Hall–Kier alpha value is -2.62. The highest BCUT2D eigenvalue weighted by Crippen LogP contribution is 2.09. The molecule has 2 aromatic rings. The third kappa shape index (κ3) is 4.18. The Morgan fingerprint density at radius 1 is 0.952 bits per heavy atom. The second-order valence-electron chi connectivity index (χ2n) is 4.98. The van der Waals surface area contributed by atoms with Crippen LogP contribution in [0.5, 0.6) is 0 Å². The van der Waals surface area contributed by atoms with Gasteiger partial charge >= 0.3 is 0 Å². The lowest BCUT2D eigenvalue weighted by Crippen LogP contribution is -2.42. The minimum Gasteiger partial charge on any atom is -0.273 e. The molecule has 4 nitrogen and oxygen atoms in total. The molecule has 4 heteroatoms. The summed E-state index contributed by atoms with van der Waals surface area (Å²) in [5.41, 5.74) is 8.30. The first-order valence-electron chi connectivity index (χ1n) is 6.76. The van der Waals surface area contributed by atoms with E-state index in [1.54, 1.807) is 6.07 Å². The summed E-state index contributed by atoms with van der Waals surface area (Å²) in [7, 11) is 0. The minimum absolute atomic E-state index is 0.230. The quantitative estimate of drug-likeness (QED) is 0.849. The Morgan fingerprint density at radius 3 is 2.33 bits per heavy atom. The van der Waals surface area contributed by atoms with Gasteiger partial charge in [-0.3, -0.25) is 20.4 Å². The molecule has 0 aliphatic heterocycles. The molecule has 0 spiro atoms. The van der Waals surface area contributed by atoms with Crippen molar-refractivity contribution in [1.82, 2.24) is 10.9 Å². The number of carbonyl (C=O) groups excluding carboxylic acids is 2. The van der Waals surface area contributed by atoms with E-state index < -0.39 is 0 Å². The maximum absolute atomic E-state index is 12.0. The largest absolute Gasteiger partial charge is 0.273 e. The van der Waals surface area contributed by atoms with E-state index in [0.29, 0.717) is 5.56 Å². The summed E-state index contributed by atoms with van der Waals surface area (Å²) < 4.78 is 0. The maximum atomic E-state index is 12.0. The van der Waals surface area contributed by atoms with Crippen LogP contribution in [0.25, 0.3) is 0 Å². The summed E-state index contributed by atoms with van der Waals surface area (Å²) >= 11 is 0. The fourth-order valence-electron chi connectivity index (χ4n) is 2.09. The number of benzene rings is 2. The minimum atomic E-state index is -0.311. The zero-order valence-corrected chi connectivity index (χ0v) is 12.1. The number of hydrazine groups is 1. The number of hydrogen-bond acceptors (Lipinski definition) is 2. The summed E-state index contributed by atoms with van der Waals surface area (Å²) in [6, 6.07) is 14.9. The standard InChI is InChI=1S/C17H18N2O2/c1-12-8-9-15(13(2)10-12)17(21)19-18-16(20)11-14-6-4-3-5-7-14/h3-10H,11H2,1-2H3,(H,18,20)(H,19,21). The van der Waals surface area contributed by atoms with Crippen molar-refractivity contribution in [2.75, 3.05) is 0 Å². The van der Waals surface area contributed by atoms with Crippen LogP contribution >= 0.6 is 0 Å². The lowest BCUT2D eigenvalue weighted by molar-refractivity contribution is -0.121. The molecule has 0 unspecified atom stereocenters. The number of rotatable bonds is 3. The van der Waals surface area contributed by atoms with Gasteiger partial charge in [-0.1, -0.05) is 48.0 Å². The second kappa shape index (κ2) is 6.70. The van der Waals surface area contributed by atoms with Gasteiger partial charge in [-0.25, -0.2) is 0 Å². The van der Waals surface area contributed by atoms with Gasteiger partial charge in [0, 0.05) is 5.56 Å². The van der Waals surface area contributed by atoms with E-state index in [2.05, 4.69) is 10.9 Å². The van der Waals surface area contributed by atoms with Gasteiger partial charge in [-0.2, -0.15) is 0 Å². The normalized spacial score (nSPS) is 10.0. The van der Waals surface area contributed by atoms with Crippen LogP contribution < -0.4 is 10.9 Å². The number of amides is 2. The van der Waals surface area contributed by atoms with Crippen molar-refractivity contribution in [2.45, 2.75) is 20.3 Å². The van der Waals surface area contributed by atoms with Crippen LogP contribution in [-0.2, 0) is 11.2 Å². The lowest BCUT2D eigenvalue weighted by atomic mass is 10.1. The van der Waals surface area contributed by atoms with Crippen LogP contribution in [0.2, 0.25) is 0 Å². The summed E-state index contributed by atoms with van der Waals surface area (Å²) in [6.45, 7) is 3.84. The molecule has 0 aromatic heterocycles. The van der Waals surface area contributed by atoms with Crippen LogP contribution in [0, 0.1) is 13.8 Å². The Morgan fingerprint density at radius 2 is 1.67 bits per heavy atom. The lowest BCUT2D eigenvalue weighted by Gasteiger charge is -2.09. The van der Waals surface area contributed by atoms with Crippen LogP contribution in [0.15, 0.2) is 48.5 Å². The molecule has 0 radical (unpaired) electrons. The molecule has 0 atom stereocenters. The number of aryl methyl sites for hydroxylation is 2. The zero-order valence-electron chi connectivity index (χ0n) is 12.1. The molecule has 21 heavy (non-hydrogen) atoms. The summed E-state index contributed by atoms with van der Waals surface area (Å²) in [4.78, 5) is 23.8. The van der Waals surface area contributed by atoms with E-state index in [0.717, 1.165) is 16.7 Å². The highest BCUT2D eigenvalue weighted by Gasteiger charge is 2.10. The molecule has 0 saturated carbocycles. The van der Waals surface area contributed by atoms with Crippen molar-refractivity contribution in [3.8, 4) is 0 Å². The average molecular weight is 282 g/mol. The van der Waals surface area contributed by atoms with Crippen LogP contribution in [-0.4, -0.2) is 11.8 Å². The molecule has 0 heterocycles. The average Bonchev–Trinajstić information content (AvgIpc) is 2.46. The molecule has 0 aliphatic rings. The van der Waals surface area contributed by atoms with Gasteiger partial charge in [-0.15, -0.1) is 0 Å². The van der Waals surface area contributed by atoms with Crippen molar-refractivity contribution < 1.29 is 9.59 Å². The van der Waals surface area contributed by atoms with Crippen molar-refractivity contribution in [1.29, 1.82) is 0 Å². The van der Waals surface area contributed by atoms with Gasteiger partial charge in [0.2, 0.25) is 5.91 Å². The molecular formula is C17H18N2O2. The molecule has 2 rings (SSSR count). The predicted molar refractivity (Wildman–Crippen MR) is 81.7 cm³/mol. The second-order valence-corrected chi connectivity index (χ2v) is 4.98. The Bertz CT molecular complexity index is 651. The summed E-state index contributed by atoms with van der Waals surface area (Å²) in [5, 5.41) is 0. The highest BCUT2D eigenvalue weighted by molar-refractivity contribution is 5.96. The Kier molecular flexibility index (Phi) is 4.72. The Labute approximate surface area is 124 Å². The molecule has 0 fully saturated rings. The molecular weight excluding hydrogens is 264 g/mol. The predicted octanol–water partition coefficient (Wildman–Crippen LogP) is 2.31. The molecule has 0 saturated heterocycles. The van der Waals surface area contributed by atoms with E-state index in [1.807, 2.05) is 56.3 Å². The van der Waals surface area contributed by atoms with Crippen molar-refractivity contribution in [3.05, 3.63) is 70.8 Å². The first-order chi connectivity index (χ1) is 10.1. The molecule has 108 valence electrons. The molecule has 0 aliphatic carbocycles. The fraction of sp³-hybridized carbons (Fsp3) is 0.176. The molecule has 2 amide bonds. The maximum Gasteiger partial charge on any atom is 0.269 e. The number of carbonyl (C=O) groups is 2. The van der Waals surface area contributed by atoms with Crippen molar-refractivity contribution in [2.24, 2.45) is 0 Å². The zero-order chi connectivity index (χ0) is 15.2. The van der Waals surface area contributed by atoms with E-state index >= 15 is 0 Å². The van der Waals surface area contributed by atoms with Crippen molar-refractivity contribution in [3.63, 3.8) is 0 Å². The number of hydrogen-bond donors (Lipinski definition) is 2.